The van der Waals surface area contributed by atoms with Gasteiger partial charge in [0.05, 0.1) is 22.4 Å². The number of benzene rings is 2. The molecule has 0 aliphatic carbocycles. The van der Waals surface area contributed by atoms with Crippen molar-refractivity contribution in [3.8, 4) is 11.5 Å². The molecular formula is C18H15N3O3. The van der Waals surface area contributed by atoms with Crippen LogP contribution in [0, 0.1) is 13.8 Å². The molecule has 1 N–H and O–H groups in total. The largest absolute Gasteiger partial charge is 0.454 e. The molecule has 0 fully saturated rings. The molecule has 4 rings (SSSR count). The van der Waals surface area contributed by atoms with E-state index in [0.717, 1.165) is 16.9 Å². The molecule has 1 aromatic heterocycles. The summed E-state index contributed by atoms with van der Waals surface area (Å²) < 4.78 is 10.6. The van der Waals surface area contributed by atoms with Crippen LogP contribution in [0.15, 0.2) is 36.4 Å². The third kappa shape index (κ3) is 2.52. The van der Waals surface area contributed by atoms with Gasteiger partial charge in [-0.25, -0.2) is 9.97 Å². The Balaban J connectivity index is 1.62. The molecule has 2 aromatic carbocycles. The summed E-state index contributed by atoms with van der Waals surface area (Å²) >= 11 is 0. The van der Waals surface area contributed by atoms with E-state index in [0.29, 0.717) is 28.3 Å². The molecule has 0 bridgehead atoms. The van der Waals surface area contributed by atoms with E-state index in [1.165, 1.54) is 0 Å². The number of carbonyl (C=O) groups excluding carboxylic acids is 1. The Labute approximate surface area is 138 Å². The maximum Gasteiger partial charge on any atom is 0.255 e. The fourth-order valence-electron chi connectivity index (χ4n) is 2.55. The first-order chi connectivity index (χ1) is 11.6. The summed E-state index contributed by atoms with van der Waals surface area (Å²) in [5.74, 6) is 1.10. The Morgan fingerprint density at radius 2 is 1.71 bits per heavy atom. The average molecular weight is 321 g/mol. The quantitative estimate of drug-likeness (QED) is 0.784. The lowest BCUT2D eigenvalue weighted by molar-refractivity contribution is 0.102. The Bertz CT molecular complexity index is 969. The molecule has 0 radical (unpaired) electrons. The molecule has 0 spiro atoms. The Hall–Kier alpha value is -3.15. The van der Waals surface area contributed by atoms with Crippen molar-refractivity contribution in [3.63, 3.8) is 0 Å². The smallest absolute Gasteiger partial charge is 0.255 e. The van der Waals surface area contributed by atoms with Gasteiger partial charge in [-0.1, -0.05) is 0 Å². The molecule has 6 nitrogen and oxygen atoms in total. The van der Waals surface area contributed by atoms with Crippen LogP contribution in [0.25, 0.3) is 11.0 Å². The van der Waals surface area contributed by atoms with Crippen LogP contribution in [0.1, 0.15) is 21.7 Å². The van der Waals surface area contributed by atoms with Crippen molar-refractivity contribution >= 4 is 22.6 Å². The molecule has 24 heavy (non-hydrogen) atoms. The van der Waals surface area contributed by atoms with E-state index in [-0.39, 0.29) is 12.7 Å². The molecule has 120 valence electrons. The lowest BCUT2D eigenvalue weighted by Gasteiger charge is -2.08. The monoisotopic (exact) mass is 321 g/mol. The van der Waals surface area contributed by atoms with E-state index >= 15 is 0 Å². The summed E-state index contributed by atoms with van der Waals surface area (Å²) in [5, 5.41) is 2.86. The highest BCUT2D eigenvalue weighted by atomic mass is 16.7. The minimum absolute atomic E-state index is 0.203. The fraction of sp³-hybridized carbons (Fsp3) is 0.167. The predicted octanol–water partition coefficient (Wildman–Crippen LogP) is 3.23. The molecular weight excluding hydrogens is 306 g/mol. The van der Waals surface area contributed by atoms with Crippen molar-refractivity contribution in [2.24, 2.45) is 0 Å². The molecule has 3 aromatic rings. The zero-order chi connectivity index (χ0) is 16.7. The van der Waals surface area contributed by atoms with E-state index in [1.54, 1.807) is 30.3 Å². The number of hydrogen-bond acceptors (Lipinski definition) is 5. The normalized spacial score (nSPS) is 12.4. The molecule has 1 amide bonds. The van der Waals surface area contributed by atoms with Crippen molar-refractivity contribution in [1.29, 1.82) is 0 Å². The van der Waals surface area contributed by atoms with Crippen LogP contribution in [0.3, 0.4) is 0 Å². The van der Waals surface area contributed by atoms with E-state index < -0.39 is 0 Å². The third-order valence-electron chi connectivity index (χ3n) is 3.97. The lowest BCUT2D eigenvalue weighted by Crippen LogP contribution is -2.12. The highest BCUT2D eigenvalue weighted by Gasteiger charge is 2.15. The van der Waals surface area contributed by atoms with Crippen LogP contribution in [0.5, 0.6) is 11.5 Å². The highest BCUT2D eigenvalue weighted by Crippen LogP contribution is 2.34. The Morgan fingerprint density at radius 3 is 2.54 bits per heavy atom. The van der Waals surface area contributed by atoms with Crippen LogP contribution in [0.2, 0.25) is 0 Å². The molecule has 0 saturated heterocycles. The summed E-state index contributed by atoms with van der Waals surface area (Å²) in [6.45, 7) is 4.03. The van der Waals surface area contributed by atoms with Crippen LogP contribution in [0.4, 0.5) is 5.69 Å². The first-order valence-electron chi connectivity index (χ1n) is 7.56. The molecule has 2 heterocycles. The van der Waals surface area contributed by atoms with Gasteiger partial charge in [0, 0.05) is 17.3 Å². The number of carbonyl (C=O) groups is 1. The molecule has 0 saturated carbocycles. The van der Waals surface area contributed by atoms with Crippen molar-refractivity contribution in [1.82, 2.24) is 9.97 Å². The van der Waals surface area contributed by atoms with Crippen LogP contribution in [-0.4, -0.2) is 22.7 Å². The zero-order valence-corrected chi connectivity index (χ0v) is 13.3. The molecule has 0 unspecified atom stereocenters. The number of nitrogens with zero attached hydrogens (tertiary/aromatic N) is 2. The second kappa shape index (κ2) is 5.49. The number of hydrogen-bond donors (Lipinski definition) is 1. The number of ether oxygens (including phenoxy) is 2. The van der Waals surface area contributed by atoms with Gasteiger partial charge >= 0.3 is 0 Å². The van der Waals surface area contributed by atoms with Gasteiger partial charge in [-0.05, 0) is 44.2 Å². The highest BCUT2D eigenvalue weighted by molar-refractivity contribution is 6.06. The molecule has 0 atom stereocenters. The van der Waals surface area contributed by atoms with Gasteiger partial charge in [-0.3, -0.25) is 4.79 Å². The van der Waals surface area contributed by atoms with Gasteiger partial charge in [0.25, 0.3) is 5.91 Å². The lowest BCUT2D eigenvalue weighted by atomic mass is 10.1. The van der Waals surface area contributed by atoms with Gasteiger partial charge in [-0.15, -0.1) is 0 Å². The van der Waals surface area contributed by atoms with E-state index in [9.17, 15) is 4.79 Å². The number of fused-ring (bicyclic) bond motifs is 2. The Kier molecular flexibility index (Phi) is 3.30. The van der Waals surface area contributed by atoms with E-state index in [2.05, 4.69) is 15.3 Å². The maximum absolute atomic E-state index is 12.5. The zero-order valence-electron chi connectivity index (χ0n) is 13.3. The number of rotatable bonds is 2. The molecule has 1 aliphatic rings. The summed E-state index contributed by atoms with van der Waals surface area (Å²) in [6, 6.07) is 10.6. The van der Waals surface area contributed by atoms with Crippen LogP contribution in [-0.2, 0) is 0 Å². The van der Waals surface area contributed by atoms with Crippen molar-refractivity contribution in [2.75, 3.05) is 12.1 Å². The minimum atomic E-state index is -0.212. The Morgan fingerprint density at radius 1 is 0.958 bits per heavy atom. The number of aryl methyl sites for hydroxylation is 2. The predicted molar refractivity (Wildman–Crippen MR) is 89.5 cm³/mol. The number of nitrogens with one attached hydrogen (secondary N) is 1. The minimum Gasteiger partial charge on any atom is -0.454 e. The average Bonchev–Trinajstić information content (AvgIpc) is 3.03. The third-order valence-corrected chi connectivity index (χ3v) is 3.97. The van der Waals surface area contributed by atoms with Crippen molar-refractivity contribution < 1.29 is 14.3 Å². The SMILES string of the molecule is Cc1nc2ccc(C(=O)Nc3ccc4c(c3)OCO4)cc2nc1C. The number of amides is 1. The fourth-order valence-corrected chi connectivity index (χ4v) is 2.55. The summed E-state index contributed by atoms with van der Waals surface area (Å²) in [5.41, 5.74) is 4.40. The second-order valence-corrected chi connectivity index (χ2v) is 5.62. The second-order valence-electron chi connectivity index (χ2n) is 5.62. The van der Waals surface area contributed by atoms with E-state index in [4.69, 9.17) is 9.47 Å². The van der Waals surface area contributed by atoms with Gasteiger partial charge < -0.3 is 14.8 Å². The van der Waals surface area contributed by atoms with Gasteiger partial charge in [0.2, 0.25) is 6.79 Å². The van der Waals surface area contributed by atoms with E-state index in [1.807, 2.05) is 19.9 Å². The van der Waals surface area contributed by atoms with Crippen molar-refractivity contribution in [3.05, 3.63) is 53.3 Å². The summed E-state index contributed by atoms with van der Waals surface area (Å²) in [4.78, 5) is 21.4. The van der Waals surface area contributed by atoms with Gasteiger partial charge in [0.1, 0.15) is 0 Å². The maximum atomic E-state index is 12.5. The van der Waals surface area contributed by atoms with Crippen LogP contribution < -0.4 is 14.8 Å². The number of aromatic nitrogens is 2. The first-order valence-corrected chi connectivity index (χ1v) is 7.56. The van der Waals surface area contributed by atoms with Gasteiger partial charge in [-0.2, -0.15) is 0 Å². The molecule has 1 aliphatic heterocycles. The standard InChI is InChI=1S/C18H15N3O3/c1-10-11(2)20-15-7-12(3-5-14(15)19-10)18(22)21-13-4-6-16-17(8-13)24-9-23-16/h3-8H,9H2,1-2H3,(H,21,22). The van der Waals surface area contributed by atoms with Crippen LogP contribution >= 0.6 is 0 Å². The topological polar surface area (TPSA) is 73.3 Å². The van der Waals surface area contributed by atoms with Crippen molar-refractivity contribution in [2.45, 2.75) is 13.8 Å². The summed E-state index contributed by atoms with van der Waals surface area (Å²) in [6.07, 6.45) is 0. The molecule has 6 heteroatoms. The summed E-state index contributed by atoms with van der Waals surface area (Å²) in [7, 11) is 0. The number of anilines is 1. The first kappa shape index (κ1) is 14.4. The van der Waals surface area contributed by atoms with Gasteiger partial charge in [0.15, 0.2) is 11.5 Å².